The van der Waals surface area contributed by atoms with Crippen molar-refractivity contribution >= 4 is 15.9 Å². The van der Waals surface area contributed by atoms with Gasteiger partial charge in [0, 0.05) is 25.1 Å². The van der Waals surface area contributed by atoms with Crippen molar-refractivity contribution in [2.75, 3.05) is 0 Å². The van der Waals surface area contributed by atoms with Crippen molar-refractivity contribution < 1.29 is 18.3 Å². The fourth-order valence-corrected chi connectivity index (χ4v) is 2.67. The molecule has 7 heteroatoms. The summed E-state index contributed by atoms with van der Waals surface area (Å²) in [5.41, 5.74) is 0.814. The van der Waals surface area contributed by atoms with Crippen LogP contribution in [0.15, 0.2) is 16.6 Å². The van der Waals surface area contributed by atoms with E-state index in [1.165, 1.54) is 0 Å². The van der Waals surface area contributed by atoms with E-state index in [4.69, 9.17) is 0 Å². The molecule has 0 aliphatic carbocycles. The number of aromatic nitrogens is 2. The van der Waals surface area contributed by atoms with Gasteiger partial charge in [0.15, 0.2) is 0 Å². The monoisotopic (exact) mass is 362 g/mol. The molecular weight excluding hydrogens is 349 g/mol. The van der Waals surface area contributed by atoms with E-state index in [1.54, 1.807) is 11.6 Å². The van der Waals surface area contributed by atoms with Crippen molar-refractivity contribution in [1.82, 2.24) is 9.78 Å². The van der Waals surface area contributed by atoms with Crippen LogP contribution in [0.1, 0.15) is 30.0 Å². The van der Waals surface area contributed by atoms with Crippen LogP contribution >= 0.6 is 15.9 Å². The Balaban J connectivity index is 2.37. The Morgan fingerprint density at radius 3 is 2.38 bits per heavy atom. The average Bonchev–Trinajstić information content (AvgIpc) is 2.65. The van der Waals surface area contributed by atoms with Crippen molar-refractivity contribution in [3.8, 4) is 0 Å². The lowest BCUT2D eigenvalue weighted by atomic mass is 10.0. The van der Waals surface area contributed by atoms with E-state index >= 15 is 0 Å². The predicted octanol–water partition coefficient (Wildman–Crippen LogP) is 3.67. The highest BCUT2D eigenvalue weighted by atomic mass is 79.9. The predicted molar refractivity (Wildman–Crippen MR) is 75.3 cm³/mol. The first-order chi connectivity index (χ1) is 9.85. The first-order valence-corrected chi connectivity index (χ1v) is 7.18. The van der Waals surface area contributed by atoms with Crippen LogP contribution in [0.4, 0.5) is 13.2 Å². The lowest BCUT2D eigenvalue weighted by molar-refractivity contribution is 0.165. The summed E-state index contributed by atoms with van der Waals surface area (Å²) in [6, 6.07) is 1.11. The average molecular weight is 363 g/mol. The molecule has 0 aliphatic rings. The summed E-state index contributed by atoms with van der Waals surface area (Å²) in [7, 11) is 0. The second kappa shape index (κ2) is 6.19. The Labute approximate surface area is 128 Å². The summed E-state index contributed by atoms with van der Waals surface area (Å²) in [6.45, 7) is 4.21. The van der Waals surface area contributed by atoms with Crippen molar-refractivity contribution in [3.05, 3.63) is 51.0 Å². The lowest BCUT2D eigenvalue weighted by Gasteiger charge is -2.14. The Morgan fingerprint density at radius 1 is 1.29 bits per heavy atom. The largest absolute Gasteiger partial charge is 0.388 e. The van der Waals surface area contributed by atoms with Crippen molar-refractivity contribution in [2.45, 2.75) is 32.9 Å². The van der Waals surface area contributed by atoms with E-state index in [9.17, 15) is 18.3 Å². The molecular formula is C14H14BrF3N2O. The number of benzene rings is 1. The fourth-order valence-electron chi connectivity index (χ4n) is 2.22. The van der Waals surface area contributed by atoms with E-state index in [0.29, 0.717) is 28.8 Å². The normalized spacial score (nSPS) is 12.7. The van der Waals surface area contributed by atoms with Gasteiger partial charge in [0.1, 0.15) is 17.5 Å². The topological polar surface area (TPSA) is 38.0 Å². The minimum atomic E-state index is -1.43. The number of aliphatic hydroxyl groups is 1. The second-order valence-electron chi connectivity index (χ2n) is 4.66. The van der Waals surface area contributed by atoms with Gasteiger partial charge in [0.25, 0.3) is 0 Å². The maximum Gasteiger partial charge on any atom is 0.134 e. The zero-order valence-electron chi connectivity index (χ0n) is 11.5. The molecule has 1 unspecified atom stereocenters. The Morgan fingerprint density at radius 2 is 1.86 bits per heavy atom. The number of aliphatic hydroxyl groups excluding tert-OH is 1. The molecule has 2 rings (SSSR count). The van der Waals surface area contributed by atoms with E-state index in [2.05, 4.69) is 21.0 Å². The maximum absolute atomic E-state index is 13.7. The molecule has 0 saturated carbocycles. The Hall–Kier alpha value is -1.34. The number of aryl methyl sites for hydroxylation is 2. The lowest BCUT2D eigenvalue weighted by Crippen LogP contribution is -2.12. The van der Waals surface area contributed by atoms with Gasteiger partial charge in [-0.2, -0.15) is 5.10 Å². The molecule has 0 amide bonds. The van der Waals surface area contributed by atoms with Gasteiger partial charge in [-0.1, -0.05) is 0 Å². The number of hydrogen-bond donors (Lipinski definition) is 1. The Kier molecular flexibility index (Phi) is 4.73. The zero-order valence-corrected chi connectivity index (χ0v) is 13.1. The van der Waals surface area contributed by atoms with Crippen molar-refractivity contribution in [3.63, 3.8) is 0 Å². The molecule has 0 aliphatic heterocycles. The highest BCUT2D eigenvalue weighted by Crippen LogP contribution is 2.29. The molecule has 3 nitrogen and oxygen atoms in total. The second-order valence-corrected chi connectivity index (χ2v) is 5.46. The Bertz CT molecular complexity index is 649. The van der Waals surface area contributed by atoms with Crippen LogP contribution in [0.5, 0.6) is 0 Å². The standard InChI is InChI=1S/C14H14BrF3N2O/c1-3-20-11(14(15)7(2)19-20)6-12(21)13-9(17)4-8(16)5-10(13)18/h4-5,12,21H,3,6H2,1-2H3. The van der Waals surface area contributed by atoms with Crippen LogP contribution in [-0.4, -0.2) is 14.9 Å². The summed E-state index contributed by atoms with van der Waals surface area (Å²) < 4.78 is 42.6. The molecule has 21 heavy (non-hydrogen) atoms. The third-order valence-corrected chi connectivity index (χ3v) is 4.25. The molecule has 1 aromatic carbocycles. The summed E-state index contributed by atoms with van der Waals surface area (Å²) in [4.78, 5) is 0. The number of hydrogen-bond acceptors (Lipinski definition) is 2. The van der Waals surface area contributed by atoms with Crippen LogP contribution in [0, 0.1) is 24.4 Å². The third kappa shape index (κ3) is 3.13. The van der Waals surface area contributed by atoms with Gasteiger partial charge in [-0.15, -0.1) is 0 Å². The molecule has 0 bridgehead atoms. The van der Waals surface area contributed by atoms with Crippen LogP contribution < -0.4 is 0 Å². The van der Waals surface area contributed by atoms with Crippen LogP contribution in [0.2, 0.25) is 0 Å². The molecule has 2 aromatic rings. The maximum atomic E-state index is 13.7. The van der Waals surface area contributed by atoms with E-state index in [-0.39, 0.29) is 6.42 Å². The van der Waals surface area contributed by atoms with Gasteiger partial charge >= 0.3 is 0 Å². The zero-order chi connectivity index (χ0) is 15.7. The van der Waals surface area contributed by atoms with Gasteiger partial charge in [-0.3, -0.25) is 4.68 Å². The van der Waals surface area contributed by atoms with Crippen molar-refractivity contribution in [1.29, 1.82) is 0 Å². The highest BCUT2D eigenvalue weighted by molar-refractivity contribution is 9.10. The summed E-state index contributed by atoms with van der Waals surface area (Å²) in [6.07, 6.45) is -1.46. The summed E-state index contributed by atoms with van der Waals surface area (Å²) >= 11 is 3.35. The molecule has 1 atom stereocenters. The van der Waals surface area contributed by atoms with E-state index < -0.39 is 29.1 Å². The molecule has 1 heterocycles. The highest BCUT2D eigenvalue weighted by Gasteiger charge is 2.23. The SMILES string of the molecule is CCn1nc(C)c(Br)c1CC(O)c1c(F)cc(F)cc1F. The first kappa shape index (κ1) is 16.0. The first-order valence-electron chi connectivity index (χ1n) is 6.39. The van der Waals surface area contributed by atoms with Gasteiger partial charge < -0.3 is 5.11 Å². The summed E-state index contributed by atoms with van der Waals surface area (Å²) in [5.74, 6) is -3.22. The van der Waals surface area contributed by atoms with Gasteiger partial charge in [-0.25, -0.2) is 13.2 Å². The van der Waals surface area contributed by atoms with Crippen molar-refractivity contribution in [2.24, 2.45) is 0 Å². The smallest absolute Gasteiger partial charge is 0.134 e. The minimum Gasteiger partial charge on any atom is -0.388 e. The molecule has 0 fully saturated rings. The van der Waals surface area contributed by atoms with Crippen LogP contribution in [0.3, 0.4) is 0 Å². The fraction of sp³-hybridized carbons (Fsp3) is 0.357. The minimum absolute atomic E-state index is 0.0330. The van der Waals surface area contributed by atoms with E-state index in [0.717, 1.165) is 5.69 Å². The van der Waals surface area contributed by atoms with E-state index in [1.807, 2.05) is 6.92 Å². The summed E-state index contributed by atoms with van der Waals surface area (Å²) in [5, 5.41) is 14.4. The molecule has 1 aromatic heterocycles. The number of rotatable bonds is 4. The quantitative estimate of drug-likeness (QED) is 0.900. The van der Waals surface area contributed by atoms with Gasteiger partial charge in [0.2, 0.25) is 0 Å². The van der Waals surface area contributed by atoms with Crippen LogP contribution in [0.25, 0.3) is 0 Å². The molecule has 0 spiro atoms. The molecule has 0 radical (unpaired) electrons. The molecule has 1 N–H and O–H groups in total. The van der Waals surface area contributed by atoms with Gasteiger partial charge in [-0.05, 0) is 29.8 Å². The number of halogens is 4. The molecule has 0 saturated heterocycles. The third-order valence-electron chi connectivity index (χ3n) is 3.22. The van der Waals surface area contributed by atoms with Crippen LogP contribution in [-0.2, 0) is 13.0 Å². The van der Waals surface area contributed by atoms with Gasteiger partial charge in [0.05, 0.1) is 27.5 Å². The number of nitrogens with zero attached hydrogens (tertiary/aromatic N) is 2. The molecule has 114 valence electrons.